The van der Waals surface area contributed by atoms with Crippen LogP contribution in [0.2, 0.25) is 5.02 Å². The number of benzene rings is 3. The van der Waals surface area contributed by atoms with Gasteiger partial charge in [-0.2, -0.15) is 0 Å². The third-order valence-corrected chi connectivity index (χ3v) is 6.37. The molecule has 3 aromatic carbocycles. The molecule has 0 radical (unpaired) electrons. The lowest BCUT2D eigenvalue weighted by Gasteiger charge is -2.22. The molecule has 1 aromatic heterocycles. The summed E-state index contributed by atoms with van der Waals surface area (Å²) in [7, 11) is 4.08. The van der Waals surface area contributed by atoms with Gasteiger partial charge in [0.2, 0.25) is 0 Å². The summed E-state index contributed by atoms with van der Waals surface area (Å²) in [6.07, 6.45) is 0.860. The first-order chi connectivity index (χ1) is 14.4. The highest BCUT2D eigenvalue weighted by molar-refractivity contribution is 7.22. The number of hydrogen-bond acceptors (Lipinski definition) is 4. The molecule has 0 fully saturated rings. The molecule has 0 saturated heterocycles. The van der Waals surface area contributed by atoms with Crippen LogP contribution in [0.15, 0.2) is 54.6 Å². The zero-order chi connectivity index (χ0) is 21.3. The van der Waals surface area contributed by atoms with Crippen molar-refractivity contribution in [2.75, 3.05) is 32.1 Å². The van der Waals surface area contributed by atoms with Gasteiger partial charge < -0.3 is 4.90 Å². The second-order valence-corrected chi connectivity index (χ2v) is 9.15. The number of thiazole rings is 1. The van der Waals surface area contributed by atoms with Crippen LogP contribution in [0.25, 0.3) is 21.0 Å². The first-order valence-electron chi connectivity index (χ1n) is 9.95. The molecule has 0 aliphatic rings. The Morgan fingerprint density at radius 2 is 1.83 bits per heavy atom. The predicted molar refractivity (Wildman–Crippen MR) is 128 cm³/mol. The molecule has 1 amide bonds. The number of carbonyl (C=O) groups is 1. The van der Waals surface area contributed by atoms with Crippen molar-refractivity contribution >= 4 is 55.0 Å². The third-order valence-electron chi connectivity index (χ3n) is 5.12. The van der Waals surface area contributed by atoms with E-state index in [0.29, 0.717) is 22.3 Å². The average molecular weight is 438 g/mol. The highest BCUT2D eigenvalue weighted by Crippen LogP contribution is 2.34. The fourth-order valence-corrected chi connectivity index (χ4v) is 5.09. The zero-order valence-electron chi connectivity index (χ0n) is 17.4. The highest BCUT2D eigenvalue weighted by atomic mass is 35.5. The van der Waals surface area contributed by atoms with Gasteiger partial charge in [-0.25, -0.2) is 4.98 Å². The van der Waals surface area contributed by atoms with Gasteiger partial charge in [0.25, 0.3) is 5.91 Å². The first kappa shape index (κ1) is 20.8. The van der Waals surface area contributed by atoms with Crippen molar-refractivity contribution in [2.24, 2.45) is 0 Å². The fourth-order valence-electron chi connectivity index (χ4n) is 3.64. The van der Waals surface area contributed by atoms with Crippen molar-refractivity contribution in [3.8, 4) is 0 Å². The summed E-state index contributed by atoms with van der Waals surface area (Å²) in [5, 5.41) is 3.42. The van der Waals surface area contributed by atoms with Crippen LogP contribution in [-0.4, -0.2) is 43.0 Å². The number of fused-ring (bicyclic) bond motifs is 2. The molecule has 0 aliphatic carbocycles. The number of hydrogen-bond donors (Lipinski definition) is 0. The van der Waals surface area contributed by atoms with Gasteiger partial charge in [0, 0.05) is 17.1 Å². The SMILES string of the molecule is Cc1cc(Cl)cc2sc(N(CCCN(C)C)C(=O)c3cccc4ccccc34)nc12. The number of amides is 1. The largest absolute Gasteiger partial charge is 0.309 e. The quantitative estimate of drug-likeness (QED) is 0.370. The van der Waals surface area contributed by atoms with Crippen LogP contribution in [0.1, 0.15) is 22.3 Å². The van der Waals surface area contributed by atoms with Gasteiger partial charge >= 0.3 is 0 Å². The van der Waals surface area contributed by atoms with E-state index in [9.17, 15) is 4.79 Å². The number of anilines is 1. The van der Waals surface area contributed by atoms with Crippen molar-refractivity contribution in [3.63, 3.8) is 0 Å². The molecule has 0 bridgehead atoms. The Balaban J connectivity index is 1.78. The van der Waals surface area contributed by atoms with Crippen LogP contribution < -0.4 is 4.90 Å². The minimum Gasteiger partial charge on any atom is -0.309 e. The van der Waals surface area contributed by atoms with E-state index in [1.54, 1.807) is 0 Å². The Morgan fingerprint density at radius 3 is 2.63 bits per heavy atom. The van der Waals surface area contributed by atoms with Crippen molar-refractivity contribution < 1.29 is 4.79 Å². The van der Waals surface area contributed by atoms with Gasteiger partial charge in [-0.15, -0.1) is 0 Å². The summed E-state index contributed by atoms with van der Waals surface area (Å²) in [6.45, 7) is 3.50. The second kappa shape index (κ2) is 8.72. The summed E-state index contributed by atoms with van der Waals surface area (Å²) < 4.78 is 0.998. The second-order valence-electron chi connectivity index (χ2n) is 7.71. The summed E-state index contributed by atoms with van der Waals surface area (Å²) in [4.78, 5) is 22.5. The van der Waals surface area contributed by atoms with Crippen molar-refractivity contribution in [1.29, 1.82) is 0 Å². The number of rotatable bonds is 6. The highest BCUT2D eigenvalue weighted by Gasteiger charge is 2.23. The molecule has 154 valence electrons. The van der Waals surface area contributed by atoms with E-state index in [4.69, 9.17) is 16.6 Å². The van der Waals surface area contributed by atoms with Crippen molar-refractivity contribution in [2.45, 2.75) is 13.3 Å². The van der Waals surface area contributed by atoms with E-state index in [1.165, 1.54) is 11.3 Å². The minimum atomic E-state index is -0.0200. The molecule has 0 unspecified atom stereocenters. The molecule has 0 atom stereocenters. The van der Waals surface area contributed by atoms with E-state index < -0.39 is 0 Å². The van der Waals surface area contributed by atoms with Crippen LogP contribution in [0, 0.1) is 6.92 Å². The van der Waals surface area contributed by atoms with Crippen molar-refractivity contribution in [1.82, 2.24) is 9.88 Å². The lowest BCUT2D eigenvalue weighted by atomic mass is 10.0. The predicted octanol–water partition coefficient (Wildman–Crippen LogP) is 6.01. The van der Waals surface area contributed by atoms with Crippen LogP contribution in [0.5, 0.6) is 0 Å². The molecule has 0 saturated carbocycles. The third kappa shape index (κ3) is 4.19. The van der Waals surface area contributed by atoms with E-state index >= 15 is 0 Å². The number of nitrogens with zero attached hydrogens (tertiary/aromatic N) is 3. The number of carbonyl (C=O) groups excluding carboxylic acids is 1. The Hall–Kier alpha value is -2.47. The molecule has 4 rings (SSSR count). The van der Waals surface area contributed by atoms with E-state index in [-0.39, 0.29) is 5.91 Å². The number of aryl methyl sites for hydroxylation is 1. The zero-order valence-corrected chi connectivity index (χ0v) is 18.9. The van der Waals surface area contributed by atoms with Gasteiger partial charge in [-0.05, 0) is 68.5 Å². The minimum absolute atomic E-state index is 0.0200. The average Bonchev–Trinajstić information content (AvgIpc) is 3.14. The molecule has 30 heavy (non-hydrogen) atoms. The van der Waals surface area contributed by atoms with Gasteiger partial charge in [0.1, 0.15) is 0 Å². The molecule has 4 aromatic rings. The number of halogens is 1. The van der Waals surface area contributed by atoms with Gasteiger partial charge in [0.15, 0.2) is 5.13 Å². The van der Waals surface area contributed by atoms with Crippen LogP contribution in [-0.2, 0) is 0 Å². The molecule has 4 nitrogen and oxygen atoms in total. The van der Waals surface area contributed by atoms with Gasteiger partial charge in [-0.3, -0.25) is 9.69 Å². The van der Waals surface area contributed by atoms with Crippen LogP contribution in [0.4, 0.5) is 5.13 Å². The molecule has 6 heteroatoms. The van der Waals surface area contributed by atoms with E-state index in [0.717, 1.165) is 39.5 Å². The molecule has 0 spiro atoms. The summed E-state index contributed by atoms with van der Waals surface area (Å²) >= 11 is 7.76. The summed E-state index contributed by atoms with van der Waals surface area (Å²) in [5.74, 6) is -0.0200. The van der Waals surface area contributed by atoms with Crippen LogP contribution in [0.3, 0.4) is 0 Å². The Morgan fingerprint density at radius 1 is 1.07 bits per heavy atom. The monoisotopic (exact) mass is 437 g/mol. The normalized spacial score (nSPS) is 11.5. The maximum atomic E-state index is 13.7. The Labute approximate surface area is 185 Å². The van der Waals surface area contributed by atoms with Gasteiger partial charge in [-0.1, -0.05) is 59.3 Å². The molecule has 0 N–H and O–H groups in total. The Kier molecular flexibility index (Phi) is 6.04. The number of aromatic nitrogens is 1. The van der Waals surface area contributed by atoms with Crippen LogP contribution >= 0.6 is 22.9 Å². The molecule has 0 aliphatic heterocycles. The molecular formula is C24H24ClN3OS. The van der Waals surface area contributed by atoms with E-state index in [2.05, 4.69) is 4.90 Å². The standard InChI is InChI=1S/C24H24ClN3OS/c1-16-14-18(25)15-21-22(16)26-24(30-21)28(13-7-12-27(2)3)23(29)20-11-6-9-17-8-4-5-10-19(17)20/h4-6,8-11,14-15H,7,12-13H2,1-3H3. The summed E-state index contributed by atoms with van der Waals surface area (Å²) in [5.41, 5.74) is 2.63. The maximum Gasteiger partial charge on any atom is 0.260 e. The maximum absolute atomic E-state index is 13.7. The fraction of sp³-hybridized carbons (Fsp3) is 0.250. The van der Waals surface area contributed by atoms with E-state index in [1.807, 2.05) is 80.5 Å². The Bertz CT molecular complexity index is 1210. The lowest BCUT2D eigenvalue weighted by Crippen LogP contribution is -2.33. The van der Waals surface area contributed by atoms with Crippen molar-refractivity contribution in [3.05, 3.63) is 70.7 Å². The molecule has 1 heterocycles. The molecular weight excluding hydrogens is 414 g/mol. The topological polar surface area (TPSA) is 36.4 Å². The smallest absolute Gasteiger partial charge is 0.260 e. The lowest BCUT2D eigenvalue weighted by molar-refractivity contribution is 0.0987. The van der Waals surface area contributed by atoms with Gasteiger partial charge in [0.05, 0.1) is 10.2 Å². The first-order valence-corrected chi connectivity index (χ1v) is 11.1. The summed E-state index contributed by atoms with van der Waals surface area (Å²) in [6, 6.07) is 17.7.